The lowest BCUT2D eigenvalue weighted by Gasteiger charge is -2.26. The van der Waals surface area contributed by atoms with Crippen molar-refractivity contribution >= 4 is 17.2 Å². The zero-order valence-electron chi connectivity index (χ0n) is 11.7. The van der Waals surface area contributed by atoms with Gasteiger partial charge in [-0.25, -0.2) is 0 Å². The zero-order chi connectivity index (χ0) is 13.4. The van der Waals surface area contributed by atoms with E-state index in [9.17, 15) is 4.79 Å². The third-order valence-corrected chi connectivity index (χ3v) is 5.84. The highest BCUT2D eigenvalue weighted by Crippen LogP contribution is 2.35. The first kappa shape index (κ1) is 13.1. The number of nitrogens with one attached hydrogen (secondary N) is 1. The molecule has 3 unspecified atom stereocenters. The van der Waals surface area contributed by atoms with Crippen molar-refractivity contribution in [1.29, 1.82) is 0 Å². The second-order valence-corrected chi connectivity index (χ2v) is 6.80. The average Bonchev–Trinajstić information content (AvgIpc) is 3.12. The molecule has 2 aliphatic heterocycles. The molecule has 1 aromatic heterocycles. The molecule has 0 aliphatic carbocycles. The van der Waals surface area contributed by atoms with Crippen molar-refractivity contribution < 1.29 is 4.79 Å². The van der Waals surface area contributed by atoms with Crippen molar-refractivity contribution in [2.75, 3.05) is 19.6 Å². The lowest BCUT2D eigenvalue weighted by atomic mass is 9.93. The zero-order valence-corrected chi connectivity index (χ0v) is 12.5. The summed E-state index contributed by atoms with van der Waals surface area (Å²) in [5.74, 6) is 1.59. The van der Waals surface area contributed by atoms with Crippen molar-refractivity contribution in [3.05, 3.63) is 21.9 Å². The van der Waals surface area contributed by atoms with Crippen LogP contribution in [0, 0.1) is 11.8 Å². The minimum absolute atomic E-state index is 0.256. The largest absolute Gasteiger partial charge is 0.334 e. The van der Waals surface area contributed by atoms with Crippen molar-refractivity contribution in [3.8, 4) is 0 Å². The quantitative estimate of drug-likeness (QED) is 0.920. The molecule has 3 rings (SSSR count). The molecule has 0 saturated carbocycles. The number of carbonyl (C=O) groups is 1. The van der Waals surface area contributed by atoms with E-state index in [0.29, 0.717) is 17.9 Å². The molecule has 0 aromatic carbocycles. The first-order valence-electron chi connectivity index (χ1n) is 7.35. The van der Waals surface area contributed by atoms with Crippen LogP contribution in [0.4, 0.5) is 0 Å². The van der Waals surface area contributed by atoms with Crippen LogP contribution in [-0.2, 0) is 6.42 Å². The number of hydrogen-bond acceptors (Lipinski definition) is 3. The van der Waals surface area contributed by atoms with E-state index in [2.05, 4.69) is 30.1 Å². The fourth-order valence-electron chi connectivity index (χ4n) is 3.60. The number of fused-ring (bicyclic) bond motifs is 1. The van der Waals surface area contributed by atoms with Gasteiger partial charge in [-0.3, -0.25) is 4.79 Å². The molecule has 3 nitrogen and oxygen atoms in total. The van der Waals surface area contributed by atoms with Gasteiger partial charge in [0.05, 0.1) is 4.88 Å². The number of carbonyl (C=O) groups excluding carboxylic acids is 1. The van der Waals surface area contributed by atoms with Gasteiger partial charge in [0.2, 0.25) is 0 Å². The van der Waals surface area contributed by atoms with Crippen LogP contribution in [0.5, 0.6) is 0 Å². The van der Waals surface area contributed by atoms with Gasteiger partial charge < -0.3 is 10.2 Å². The second kappa shape index (κ2) is 5.25. The van der Waals surface area contributed by atoms with Crippen LogP contribution >= 0.6 is 11.3 Å². The van der Waals surface area contributed by atoms with Crippen molar-refractivity contribution in [1.82, 2.24) is 10.2 Å². The summed E-state index contributed by atoms with van der Waals surface area (Å²) >= 11 is 1.66. The van der Waals surface area contributed by atoms with Crippen molar-refractivity contribution in [2.24, 2.45) is 11.8 Å². The van der Waals surface area contributed by atoms with Crippen LogP contribution in [0.15, 0.2) is 12.1 Å². The molecule has 2 saturated heterocycles. The normalized spacial score (nSPS) is 29.8. The molecule has 3 heterocycles. The summed E-state index contributed by atoms with van der Waals surface area (Å²) in [6, 6.07) is 4.53. The van der Waals surface area contributed by atoms with E-state index >= 15 is 0 Å². The molecule has 104 valence electrons. The SMILES string of the molecule is CCc1ccc(C(=O)N2CC3CNCC3C2CC)s1. The van der Waals surface area contributed by atoms with Gasteiger partial charge in [0.1, 0.15) is 0 Å². The van der Waals surface area contributed by atoms with Gasteiger partial charge in [-0.15, -0.1) is 11.3 Å². The molecule has 1 aromatic rings. The predicted octanol–water partition coefficient (Wildman–Crippen LogP) is 2.38. The van der Waals surface area contributed by atoms with E-state index < -0.39 is 0 Å². The standard InChI is InChI=1S/C15H22N2OS/c1-3-11-5-6-14(19-11)15(18)17-9-10-7-16-8-12(10)13(17)4-2/h5-6,10,12-13,16H,3-4,7-9H2,1-2H3. The molecule has 1 N–H and O–H groups in total. The minimum Gasteiger partial charge on any atom is -0.334 e. The van der Waals surface area contributed by atoms with Crippen molar-refractivity contribution in [2.45, 2.75) is 32.7 Å². The third kappa shape index (κ3) is 2.21. The average molecular weight is 278 g/mol. The Balaban J connectivity index is 1.79. The lowest BCUT2D eigenvalue weighted by Crippen LogP contribution is -2.39. The van der Waals surface area contributed by atoms with Gasteiger partial charge in [0.25, 0.3) is 5.91 Å². The van der Waals surface area contributed by atoms with E-state index in [0.717, 1.165) is 37.4 Å². The molecule has 2 aliphatic rings. The number of likely N-dealkylation sites (tertiary alicyclic amines) is 1. The lowest BCUT2D eigenvalue weighted by molar-refractivity contribution is 0.0716. The summed E-state index contributed by atoms with van der Waals surface area (Å²) in [5, 5.41) is 3.47. The highest BCUT2D eigenvalue weighted by atomic mass is 32.1. The van der Waals surface area contributed by atoms with E-state index in [1.165, 1.54) is 4.88 Å². The maximum Gasteiger partial charge on any atom is 0.264 e. The highest BCUT2D eigenvalue weighted by Gasteiger charge is 2.45. The Morgan fingerprint density at radius 3 is 2.95 bits per heavy atom. The van der Waals surface area contributed by atoms with Crippen LogP contribution in [0.3, 0.4) is 0 Å². The molecule has 0 bridgehead atoms. The summed E-state index contributed by atoms with van der Waals surface area (Å²) in [6.45, 7) is 7.44. The fourth-order valence-corrected chi connectivity index (χ4v) is 4.51. The Morgan fingerprint density at radius 1 is 1.42 bits per heavy atom. The summed E-state index contributed by atoms with van der Waals surface area (Å²) in [4.78, 5) is 17.1. The number of rotatable bonds is 3. The molecule has 3 atom stereocenters. The summed E-state index contributed by atoms with van der Waals surface area (Å²) < 4.78 is 0. The Bertz CT molecular complexity index is 470. The second-order valence-electron chi connectivity index (χ2n) is 5.63. The van der Waals surface area contributed by atoms with E-state index in [-0.39, 0.29) is 5.91 Å². The molecule has 19 heavy (non-hydrogen) atoms. The van der Waals surface area contributed by atoms with Gasteiger partial charge in [0.15, 0.2) is 0 Å². The molecule has 0 spiro atoms. The van der Waals surface area contributed by atoms with Crippen molar-refractivity contribution in [3.63, 3.8) is 0 Å². The molecule has 2 fully saturated rings. The topological polar surface area (TPSA) is 32.3 Å². The number of nitrogens with zero attached hydrogens (tertiary/aromatic N) is 1. The number of aryl methyl sites for hydroxylation is 1. The molecular weight excluding hydrogens is 256 g/mol. The molecule has 4 heteroatoms. The van der Waals surface area contributed by atoms with E-state index in [1.54, 1.807) is 11.3 Å². The first-order chi connectivity index (χ1) is 9.24. The maximum absolute atomic E-state index is 12.7. The molecule has 1 amide bonds. The molecule has 0 radical (unpaired) electrons. The Kier molecular flexibility index (Phi) is 3.63. The van der Waals surface area contributed by atoms with Crippen LogP contribution < -0.4 is 5.32 Å². The Hall–Kier alpha value is -0.870. The third-order valence-electron chi connectivity index (χ3n) is 4.62. The van der Waals surface area contributed by atoms with Crippen LogP contribution in [0.2, 0.25) is 0 Å². The van der Waals surface area contributed by atoms with Gasteiger partial charge in [-0.2, -0.15) is 0 Å². The first-order valence-corrected chi connectivity index (χ1v) is 8.16. The summed E-state index contributed by atoms with van der Waals surface area (Å²) in [5.41, 5.74) is 0. The number of hydrogen-bond donors (Lipinski definition) is 1. The van der Waals surface area contributed by atoms with Gasteiger partial charge in [-0.05, 0) is 36.8 Å². The number of amides is 1. The van der Waals surface area contributed by atoms with Gasteiger partial charge in [0, 0.05) is 30.6 Å². The van der Waals surface area contributed by atoms with Gasteiger partial charge in [-0.1, -0.05) is 13.8 Å². The maximum atomic E-state index is 12.7. The number of thiophene rings is 1. The fraction of sp³-hybridized carbons (Fsp3) is 0.667. The van der Waals surface area contributed by atoms with Crippen LogP contribution in [0.1, 0.15) is 34.8 Å². The van der Waals surface area contributed by atoms with Crippen LogP contribution in [0.25, 0.3) is 0 Å². The van der Waals surface area contributed by atoms with Crippen LogP contribution in [-0.4, -0.2) is 36.5 Å². The Morgan fingerprint density at radius 2 is 2.26 bits per heavy atom. The Labute approximate surface area is 119 Å². The molecular formula is C15H22N2OS. The minimum atomic E-state index is 0.256. The smallest absolute Gasteiger partial charge is 0.264 e. The van der Waals surface area contributed by atoms with E-state index in [1.807, 2.05) is 6.07 Å². The highest BCUT2D eigenvalue weighted by molar-refractivity contribution is 7.14. The predicted molar refractivity (Wildman–Crippen MR) is 78.7 cm³/mol. The summed E-state index contributed by atoms with van der Waals surface area (Å²) in [7, 11) is 0. The monoisotopic (exact) mass is 278 g/mol. The summed E-state index contributed by atoms with van der Waals surface area (Å²) in [6.07, 6.45) is 2.09. The van der Waals surface area contributed by atoms with Gasteiger partial charge >= 0.3 is 0 Å². The van der Waals surface area contributed by atoms with E-state index in [4.69, 9.17) is 0 Å².